The Bertz CT molecular complexity index is 836. The Morgan fingerprint density at radius 1 is 0.917 bits per heavy atom. The van der Waals surface area contributed by atoms with E-state index in [1.54, 1.807) is 18.2 Å². The van der Waals surface area contributed by atoms with Crippen molar-refractivity contribution in [2.75, 3.05) is 18.0 Å². The molecule has 0 aliphatic heterocycles. The summed E-state index contributed by atoms with van der Waals surface area (Å²) in [5, 5.41) is 26.5. The fraction of sp³-hybridized carbons (Fsp3) is 0.263. The lowest BCUT2D eigenvalue weighted by atomic mass is 10.1. The molecule has 0 atom stereocenters. The van der Waals surface area contributed by atoms with Crippen molar-refractivity contribution in [1.82, 2.24) is 0 Å². The molecule has 2 rings (SSSR count). The number of rotatable bonds is 5. The molecule has 0 aliphatic rings. The van der Waals surface area contributed by atoms with E-state index in [-0.39, 0.29) is 0 Å². The molecule has 2 aromatic rings. The molecule has 0 saturated carbocycles. The molecule has 5 nitrogen and oxygen atoms in total. The highest BCUT2D eigenvalue weighted by Crippen LogP contribution is 2.27. The first-order valence-corrected chi connectivity index (χ1v) is 7.84. The van der Waals surface area contributed by atoms with Gasteiger partial charge >= 0.3 is 0 Å². The highest BCUT2D eigenvalue weighted by molar-refractivity contribution is 5.58. The number of benzene rings is 2. The highest BCUT2D eigenvalue weighted by Gasteiger charge is 2.05. The molecule has 0 aliphatic carbocycles. The molecular formula is C19H19N5. The second-order valence-corrected chi connectivity index (χ2v) is 5.30. The quantitative estimate of drug-likeness (QED) is 0.728. The standard InChI is InChI=1S/C19H19N5/c1-4-24(5-2)18-8-9-19(14(3)10-18)23-22-17-7-6-15(12-20)16(11-17)13-21/h6-11H,4-5H2,1-3H3. The van der Waals surface area contributed by atoms with Crippen LogP contribution in [-0.2, 0) is 0 Å². The van der Waals surface area contributed by atoms with Crippen LogP contribution in [0.25, 0.3) is 0 Å². The van der Waals surface area contributed by atoms with E-state index >= 15 is 0 Å². The van der Waals surface area contributed by atoms with Crippen molar-refractivity contribution in [1.29, 1.82) is 10.5 Å². The second kappa shape index (κ2) is 7.89. The fourth-order valence-corrected chi connectivity index (χ4v) is 2.43. The van der Waals surface area contributed by atoms with Gasteiger partial charge in [-0.25, -0.2) is 0 Å². The van der Waals surface area contributed by atoms with Crippen LogP contribution in [0.2, 0.25) is 0 Å². The van der Waals surface area contributed by atoms with Crippen LogP contribution in [0.5, 0.6) is 0 Å². The smallest absolute Gasteiger partial charge is 0.101 e. The molecule has 5 heteroatoms. The van der Waals surface area contributed by atoms with Gasteiger partial charge in [0.25, 0.3) is 0 Å². The van der Waals surface area contributed by atoms with E-state index in [0.29, 0.717) is 16.8 Å². The Morgan fingerprint density at radius 2 is 1.62 bits per heavy atom. The maximum atomic E-state index is 9.05. The van der Waals surface area contributed by atoms with Gasteiger partial charge in [-0.1, -0.05) is 0 Å². The van der Waals surface area contributed by atoms with Crippen molar-refractivity contribution < 1.29 is 0 Å². The van der Waals surface area contributed by atoms with E-state index < -0.39 is 0 Å². The van der Waals surface area contributed by atoms with Crippen molar-refractivity contribution in [3.05, 3.63) is 53.1 Å². The van der Waals surface area contributed by atoms with E-state index in [0.717, 1.165) is 24.3 Å². The summed E-state index contributed by atoms with van der Waals surface area (Å²) >= 11 is 0. The largest absolute Gasteiger partial charge is 0.372 e. The van der Waals surface area contributed by atoms with Gasteiger partial charge in [-0.05, 0) is 62.7 Å². The van der Waals surface area contributed by atoms with Crippen LogP contribution in [0.4, 0.5) is 17.1 Å². The zero-order valence-electron chi connectivity index (χ0n) is 14.1. The lowest BCUT2D eigenvalue weighted by molar-refractivity contribution is 0.865. The van der Waals surface area contributed by atoms with Crippen LogP contribution in [0.1, 0.15) is 30.5 Å². The zero-order chi connectivity index (χ0) is 17.5. The van der Waals surface area contributed by atoms with Crippen LogP contribution >= 0.6 is 0 Å². The van der Waals surface area contributed by atoms with E-state index in [1.807, 2.05) is 31.2 Å². The monoisotopic (exact) mass is 317 g/mol. The molecule has 0 unspecified atom stereocenters. The van der Waals surface area contributed by atoms with Crippen LogP contribution in [0.15, 0.2) is 46.6 Å². The highest BCUT2D eigenvalue weighted by atomic mass is 15.1. The molecule has 2 aromatic carbocycles. The molecule has 0 bridgehead atoms. The number of azo groups is 1. The maximum Gasteiger partial charge on any atom is 0.101 e. The van der Waals surface area contributed by atoms with Crippen molar-refractivity contribution in [3.63, 3.8) is 0 Å². The van der Waals surface area contributed by atoms with E-state index in [1.165, 1.54) is 5.69 Å². The number of hydrogen-bond acceptors (Lipinski definition) is 5. The van der Waals surface area contributed by atoms with Crippen LogP contribution in [0.3, 0.4) is 0 Å². The summed E-state index contributed by atoms with van der Waals surface area (Å²) in [6, 6.07) is 14.9. The van der Waals surface area contributed by atoms with Crippen LogP contribution in [0, 0.1) is 29.6 Å². The summed E-state index contributed by atoms with van der Waals surface area (Å²) in [6.45, 7) is 8.17. The van der Waals surface area contributed by atoms with Crippen molar-refractivity contribution in [2.24, 2.45) is 10.2 Å². The molecule has 0 fully saturated rings. The van der Waals surface area contributed by atoms with Gasteiger partial charge in [0.2, 0.25) is 0 Å². The SMILES string of the molecule is CCN(CC)c1ccc(N=Nc2ccc(C#N)c(C#N)c2)c(C)c1. The van der Waals surface area contributed by atoms with Gasteiger partial charge in [0.15, 0.2) is 0 Å². The van der Waals surface area contributed by atoms with Crippen molar-refractivity contribution >= 4 is 17.1 Å². The minimum Gasteiger partial charge on any atom is -0.372 e. The first kappa shape index (κ1) is 17.2. The Morgan fingerprint density at radius 3 is 2.21 bits per heavy atom. The third kappa shape index (κ3) is 3.77. The predicted octanol–water partition coefficient (Wildman–Crippen LogP) is 5.00. The van der Waals surface area contributed by atoms with E-state index in [2.05, 4.69) is 35.0 Å². The second-order valence-electron chi connectivity index (χ2n) is 5.30. The number of nitrogens with zero attached hydrogens (tertiary/aromatic N) is 5. The molecule has 120 valence electrons. The first-order valence-electron chi connectivity index (χ1n) is 7.84. The van der Waals surface area contributed by atoms with Crippen molar-refractivity contribution in [2.45, 2.75) is 20.8 Å². The summed E-state index contributed by atoms with van der Waals surface area (Å²) in [6.07, 6.45) is 0. The molecule has 0 N–H and O–H groups in total. The lowest BCUT2D eigenvalue weighted by Crippen LogP contribution is -2.21. The normalized spacial score (nSPS) is 10.4. The number of nitriles is 2. The van der Waals surface area contributed by atoms with E-state index in [4.69, 9.17) is 10.5 Å². The third-order valence-corrected chi connectivity index (χ3v) is 3.83. The average molecular weight is 317 g/mol. The average Bonchev–Trinajstić information content (AvgIpc) is 2.61. The molecule has 0 heterocycles. The summed E-state index contributed by atoms with van der Waals surface area (Å²) in [5.74, 6) is 0. The van der Waals surface area contributed by atoms with Gasteiger partial charge in [-0.3, -0.25) is 0 Å². The lowest BCUT2D eigenvalue weighted by Gasteiger charge is -2.21. The number of aryl methyl sites for hydroxylation is 1. The maximum absolute atomic E-state index is 9.05. The van der Waals surface area contributed by atoms with Gasteiger partial charge in [-0.15, -0.1) is 0 Å². The summed E-state index contributed by atoms with van der Waals surface area (Å²) < 4.78 is 0. The van der Waals surface area contributed by atoms with Gasteiger partial charge in [0.1, 0.15) is 12.1 Å². The van der Waals surface area contributed by atoms with Gasteiger partial charge < -0.3 is 4.90 Å². The summed E-state index contributed by atoms with van der Waals surface area (Å²) in [7, 11) is 0. The molecule has 0 radical (unpaired) electrons. The Kier molecular flexibility index (Phi) is 5.65. The van der Waals surface area contributed by atoms with Crippen LogP contribution < -0.4 is 4.90 Å². The molecule has 0 saturated heterocycles. The molecule has 0 aromatic heterocycles. The van der Waals surface area contributed by atoms with Gasteiger partial charge in [-0.2, -0.15) is 20.8 Å². The Balaban J connectivity index is 2.27. The fourth-order valence-electron chi connectivity index (χ4n) is 2.43. The molecule has 24 heavy (non-hydrogen) atoms. The summed E-state index contributed by atoms with van der Waals surface area (Å²) in [4.78, 5) is 2.27. The molecule has 0 spiro atoms. The van der Waals surface area contributed by atoms with Gasteiger partial charge in [0, 0.05) is 18.8 Å². The zero-order valence-corrected chi connectivity index (χ0v) is 14.1. The minimum atomic E-state index is 0.308. The third-order valence-electron chi connectivity index (χ3n) is 3.83. The molecule has 0 amide bonds. The van der Waals surface area contributed by atoms with Gasteiger partial charge in [0.05, 0.1) is 22.5 Å². The van der Waals surface area contributed by atoms with Crippen LogP contribution in [-0.4, -0.2) is 13.1 Å². The first-order chi connectivity index (χ1) is 11.6. The summed E-state index contributed by atoms with van der Waals surface area (Å²) in [5.41, 5.74) is 4.20. The Labute approximate surface area is 142 Å². The Hall–Kier alpha value is -3.18. The minimum absolute atomic E-state index is 0.308. The number of anilines is 1. The topological polar surface area (TPSA) is 75.5 Å². The number of hydrogen-bond donors (Lipinski definition) is 0. The van der Waals surface area contributed by atoms with E-state index in [9.17, 15) is 0 Å². The molecular weight excluding hydrogens is 298 g/mol. The predicted molar refractivity (Wildman–Crippen MR) is 94.8 cm³/mol. The van der Waals surface area contributed by atoms with Crippen molar-refractivity contribution in [3.8, 4) is 12.1 Å².